The van der Waals surface area contributed by atoms with Gasteiger partial charge in [-0.1, -0.05) is 23.9 Å². The van der Waals surface area contributed by atoms with Crippen molar-refractivity contribution in [3.8, 4) is 6.07 Å². The number of anilines is 1. The Morgan fingerprint density at radius 2 is 1.73 bits per heavy atom. The second-order valence-corrected chi connectivity index (χ2v) is 6.87. The van der Waals surface area contributed by atoms with E-state index in [4.69, 9.17) is 9.47 Å². The Hall–Kier alpha value is -3.38. The zero-order chi connectivity index (χ0) is 22.1. The average molecular weight is 427 g/mol. The number of para-hydroxylation sites is 1. The minimum atomic E-state index is -0.552. The number of carbonyl (C=O) groups is 3. The lowest BCUT2D eigenvalue weighted by molar-refractivity contribution is -0.113. The highest BCUT2D eigenvalue weighted by Crippen LogP contribution is 2.24. The molecule has 1 aromatic heterocycles. The number of nitrogens with one attached hydrogen (secondary N) is 1. The van der Waals surface area contributed by atoms with Gasteiger partial charge in [-0.3, -0.25) is 4.79 Å². The summed E-state index contributed by atoms with van der Waals surface area (Å²) < 4.78 is 9.95. The Bertz CT molecular complexity index is 1000. The molecule has 0 radical (unpaired) electrons. The molecule has 0 bridgehead atoms. The van der Waals surface area contributed by atoms with E-state index in [9.17, 15) is 19.6 Å². The molecule has 0 aliphatic carbocycles. The average Bonchev–Trinajstić information content (AvgIpc) is 2.73. The fourth-order valence-electron chi connectivity index (χ4n) is 2.49. The summed E-state index contributed by atoms with van der Waals surface area (Å²) in [5, 5.41) is 12.4. The number of hydrogen-bond donors (Lipinski definition) is 1. The van der Waals surface area contributed by atoms with Crippen LogP contribution in [0.3, 0.4) is 0 Å². The Balaban J connectivity index is 2.12. The standard InChI is InChI=1S/C21H21N3O5S/c1-4-28-20(26)15-8-6-7-9-17(15)24-18(25)12-30-19-14(11-22)10-16(13(3)23-19)21(27)29-5-2/h6-10H,4-5,12H2,1-3H3,(H,24,25). The van der Waals surface area contributed by atoms with Crippen LogP contribution in [0.4, 0.5) is 5.69 Å². The number of aryl methyl sites for hydroxylation is 1. The van der Waals surface area contributed by atoms with Crippen LogP contribution in [0.5, 0.6) is 0 Å². The molecule has 30 heavy (non-hydrogen) atoms. The molecule has 0 unspecified atom stereocenters. The first-order chi connectivity index (χ1) is 14.4. The number of thioether (sulfide) groups is 1. The number of nitriles is 1. The molecule has 1 heterocycles. The topological polar surface area (TPSA) is 118 Å². The zero-order valence-electron chi connectivity index (χ0n) is 16.9. The van der Waals surface area contributed by atoms with E-state index in [0.29, 0.717) is 16.4 Å². The lowest BCUT2D eigenvalue weighted by Crippen LogP contribution is -2.17. The van der Waals surface area contributed by atoms with Gasteiger partial charge >= 0.3 is 11.9 Å². The second kappa shape index (κ2) is 11.0. The van der Waals surface area contributed by atoms with Crippen LogP contribution in [-0.2, 0) is 14.3 Å². The van der Waals surface area contributed by atoms with Gasteiger partial charge in [-0.2, -0.15) is 5.26 Å². The van der Waals surface area contributed by atoms with Gasteiger partial charge in [0.2, 0.25) is 5.91 Å². The van der Waals surface area contributed by atoms with Crippen molar-refractivity contribution in [1.29, 1.82) is 5.26 Å². The van der Waals surface area contributed by atoms with E-state index >= 15 is 0 Å². The van der Waals surface area contributed by atoms with Crippen molar-refractivity contribution in [3.63, 3.8) is 0 Å². The predicted octanol–water partition coefficient (Wildman–Crippen LogP) is 3.35. The normalized spacial score (nSPS) is 10.1. The quantitative estimate of drug-likeness (QED) is 0.503. The number of rotatable bonds is 8. The molecule has 1 aromatic carbocycles. The number of pyridine rings is 1. The molecule has 0 atom stereocenters. The van der Waals surface area contributed by atoms with Crippen LogP contribution in [0, 0.1) is 18.3 Å². The molecule has 0 saturated carbocycles. The molecule has 0 spiro atoms. The minimum absolute atomic E-state index is 0.0446. The number of aromatic nitrogens is 1. The van der Waals surface area contributed by atoms with E-state index in [0.717, 1.165) is 11.8 Å². The molecule has 1 N–H and O–H groups in total. The highest BCUT2D eigenvalue weighted by Gasteiger charge is 2.18. The summed E-state index contributed by atoms with van der Waals surface area (Å²) in [4.78, 5) is 40.7. The third-order valence-electron chi connectivity index (χ3n) is 3.83. The van der Waals surface area contributed by atoms with Crippen LogP contribution in [0.2, 0.25) is 0 Å². The van der Waals surface area contributed by atoms with Crippen molar-refractivity contribution in [1.82, 2.24) is 4.98 Å². The van der Waals surface area contributed by atoms with E-state index in [-0.39, 0.29) is 41.6 Å². The smallest absolute Gasteiger partial charge is 0.340 e. The Kier molecular flexibility index (Phi) is 8.38. The molecule has 0 aliphatic heterocycles. The SMILES string of the molecule is CCOC(=O)c1ccccc1NC(=O)CSc1nc(C)c(C(=O)OCC)cc1C#N. The zero-order valence-corrected chi connectivity index (χ0v) is 17.7. The molecule has 156 valence electrons. The maximum absolute atomic E-state index is 12.4. The number of nitrogens with zero attached hydrogens (tertiary/aromatic N) is 2. The van der Waals surface area contributed by atoms with Crippen LogP contribution in [0.25, 0.3) is 0 Å². The Labute approximate surface area is 178 Å². The molecule has 9 heteroatoms. The summed E-state index contributed by atoms with van der Waals surface area (Å²) in [6.45, 7) is 5.46. The number of benzene rings is 1. The summed E-state index contributed by atoms with van der Waals surface area (Å²) in [7, 11) is 0. The first-order valence-corrected chi connectivity index (χ1v) is 10.2. The summed E-state index contributed by atoms with van der Waals surface area (Å²) in [6.07, 6.45) is 0. The molecule has 1 amide bonds. The molecular formula is C21H21N3O5S. The van der Waals surface area contributed by atoms with Crippen molar-refractivity contribution >= 4 is 35.3 Å². The first kappa shape index (κ1) is 22.9. The van der Waals surface area contributed by atoms with Gasteiger partial charge in [0.25, 0.3) is 0 Å². The summed E-state index contributed by atoms with van der Waals surface area (Å²) >= 11 is 1.06. The van der Waals surface area contributed by atoms with E-state index < -0.39 is 11.9 Å². The molecule has 0 aliphatic rings. The fraction of sp³-hybridized carbons (Fsp3) is 0.286. The highest BCUT2D eigenvalue weighted by molar-refractivity contribution is 8.00. The van der Waals surface area contributed by atoms with Crippen molar-refractivity contribution < 1.29 is 23.9 Å². The van der Waals surface area contributed by atoms with Crippen LogP contribution >= 0.6 is 11.8 Å². The van der Waals surface area contributed by atoms with Gasteiger partial charge < -0.3 is 14.8 Å². The van der Waals surface area contributed by atoms with E-state index in [2.05, 4.69) is 10.3 Å². The van der Waals surface area contributed by atoms with Gasteiger partial charge in [0.1, 0.15) is 11.1 Å². The van der Waals surface area contributed by atoms with Gasteiger partial charge in [0, 0.05) is 0 Å². The van der Waals surface area contributed by atoms with Crippen LogP contribution in [0.15, 0.2) is 35.4 Å². The molecule has 2 aromatic rings. The molecule has 0 fully saturated rings. The molecule has 0 saturated heterocycles. The van der Waals surface area contributed by atoms with Crippen LogP contribution in [-0.4, -0.2) is 41.8 Å². The maximum Gasteiger partial charge on any atom is 0.340 e. The second-order valence-electron chi connectivity index (χ2n) is 5.91. The third kappa shape index (κ3) is 5.81. The highest BCUT2D eigenvalue weighted by atomic mass is 32.2. The van der Waals surface area contributed by atoms with E-state index in [1.165, 1.54) is 6.07 Å². The lowest BCUT2D eigenvalue weighted by Gasteiger charge is -2.11. The molecule has 8 nitrogen and oxygen atoms in total. The van der Waals surface area contributed by atoms with Crippen molar-refractivity contribution in [3.05, 3.63) is 52.7 Å². The monoisotopic (exact) mass is 427 g/mol. The number of carbonyl (C=O) groups excluding carboxylic acids is 3. The van der Waals surface area contributed by atoms with Gasteiger partial charge in [0.05, 0.1) is 47.0 Å². The van der Waals surface area contributed by atoms with Gasteiger partial charge in [-0.15, -0.1) is 0 Å². The summed E-state index contributed by atoms with van der Waals surface area (Å²) in [5.74, 6) is -1.50. The van der Waals surface area contributed by atoms with Crippen LogP contribution < -0.4 is 5.32 Å². The Morgan fingerprint density at radius 1 is 1.10 bits per heavy atom. The molecular weight excluding hydrogens is 406 g/mol. The van der Waals surface area contributed by atoms with Crippen molar-refractivity contribution in [2.75, 3.05) is 24.3 Å². The number of hydrogen-bond acceptors (Lipinski definition) is 8. The first-order valence-electron chi connectivity index (χ1n) is 9.18. The fourth-order valence-corrected chi connectivity index (χ4v) is 3.29. The van der Waals surface area contributed by atoms with Crippen molar-refractivity contribution in [2.24, 2.45) is 0 Å². The van der Waals surface area contributed by atoms with Gasteiger partial charge in [-0.25, -0.2) is 14.6 Å². The van der Waals surface area contributed by atoms with Gasteiger partial charge in [-0.05, 0) is 39.0 Å². The number of ether oxygens (including phenoxy) is 2. The number of amides is 1. The third-order valence-corrected chi connectivity index (χ3v) is 4.82. The van der Waals surface area contributed by atoms with E-state index in [1.807, 2.05) is 6.07 Å². The number of esters is 2. The molecule has 2 rings (SSSR count). The van der Waals surface area contributed by atoms with Crippen LogP contribution in [0.1, 0.15) is 45.8 Å². The largest absolute Gasteiger partial charge is 0.462 e. The minimum Gasteiger partial charge on any atom is -0.462 e. The Morgan fingerprint density at radius 3 is 2.37 bits per heavy atom. The van der Waals surface area contributed by atoms with E-state index in [1.54, 1.807) is 45.0 Å². The lowest BCUT2D eigenvalue weighted by atomic mass is 10.1. The summed E-state index contributed by atoms with van der Waals surface area (Å²) in [6, 6.07) is 9.93. The van der Waals surface area contributed by atoms with Gasteiger partial charge in [0.15, 0.2) is 0 Å². The van der Waals surface area contributed by atoms with Crippen molar-refractivity contribution in [2.45, 2.75) is 25.8 Å². The maximum atomic E-state index is 12.4. The predicted molar refractivity (Wildman–Crippen MR) is 111 cm³/mol. The summed E-state index contributed by atoms with van der Waals surface area (Å²) in [5.41, 5.74) is 1.38.